The van der Waals surface area contributed by atoms with E-state index in [0.29, 0.717) is 22.6 Å². The quantitative estimate of drug-likeness (QED) is 0.596. The molecule has 0 saturated carbocycles. The summed E-state index contributed by atoms with van der Waals surface area (Å²) in [7, 11) is 0. The highest BCUT2D eigenvalue weighted by molar-refractivity contribution is 6.04. The number of aromatic nitrogens is 1. The van der Waals surface area contributed by atoms with Gasteiger partial charge in [-0.25, -0.2) is 0 Å². The molecule has 28 heavy (non-hydrogen) atoms. The molecule has 2 N–H and O–H groups in total. The van der Waals surface area contributed by atoms with E-state index in [1.54, 1.807) is 6.07 Å². The third-order valence-electron chi connectivity index (χ3n) is 4.12. The van der Waals surface area contributed by atoms with Gasteiger partial charge in [-0.15, -0.1) is 0 Å². The predicted molar refractivity (Wildman–Crippen MR) is 103 cm³/mol. The number of alkyl halides is 3. The van der Waals surface area contributed by atoms with Gasteiger partial charge in [-0.05, 0) is 54.4 Å². The summed E-state index contributed by atoms with van der Waals surface area (Å²) >= 11 is 0. The van der Waals surface area contributed by atoms with Crippen molar-refractivity contribution in [2.24, 2.45) is 0 Å². The molecule has 3 aromatic rings. The maximum Gasteiger partial charge on any atom is 0.416 e. The molecule has 0 bridgehead atoms. The molecule has 0 aliphatic carbocycles. The zero-order valence-electron chi connectivity index (χ0n) is 15.0. The van der Waals surface area contributed by atoms with Crippen LogP contribution in [0.4, 0.5) is 30.2 Å². The lowest BCUT2D eigenvalue weighted by Crippen LogP contribution is -2.12. The third kappa shape index (κ3) is 4.88. The van der Waals surface area contributed by atoms with Gasteiger partial charge >= 0.3 is 6.18 Å². The van der Waals surface area contributed by atoms with Crippen LogP contribution in [0.1, 0.15) is 28.4 Å². The third-order valence-corrected chi connectivity index (χ3v) is 4.12. The molecular weight excluding hydrogens is 367 g/mol. The van der Waals surface area contributed by atoms with Crippen molar-refractivity contribution in [3.63, 3.8) is 0 Å². The molecule has 0 unspecified atom stereocenters. The summed E-state index contributed by atoms with van der Waals surface area (Å²) in [5.74, 6) is -0.326. The summed E-state index contributed by atoms with van der Waals surface area (Å²) in [5, 5.41) is 5.74. The van der Waals surface area contributed by atoms with Crippen LogP contribution in [0.15, 0.2) is 67.0 Å². The van der Waals surface area contributed by atoms with E-state index < -0.39 is 11.7 Å². The van der Waals surface area contributed by atoms with E-state index in [1.807, 2.05) is 24.3 Å². The van der Waals surface area contributed by atoms with Crippen molar-refractivity contribution in [2.75, 3.05) is 10.6 Å². The number of aryl methyl sites for hydroxylation is 1. The largest absolute Gasteiger partial charge is 0.416 e. The second kappa shape index (κ2) is 8.12. The molecule has 0 aliphatic heterocycles. The fraction of sp³-hybridized carbons (Fsp3) is 0.143. The topological polar surface area (TPSA) is 54.0 Å². The second-order valence-corrected chi connectivity index (χ2v) is 6.17. The number of carbonyl (C=O) groups is 1. The molecule has 0 radical (unpaired) electrons. The molecule has 7 heteroatoms. The average molecular weight is 385 g/mol. The monoisotopic (exact) mass is 385 g/mol. The Morgan fingerprint density at radius 1 is 0.929 bits per heavy atom. The van der Waals surface area contributed by atoms with Crippen molar-refractivity contribution in [1.82, 2.24) is 4.98 Å². The maximum absolute atomic E-state index is 12.6. The molecule has 0 spiro atoms. The lowest BCUT2D eigenvalue weighted by atomic mass is 10.1. The number of rotatable bonds is 5. The van der Waals surface area contributed by atoms with Gasteiger partial charge in [-0.2, -0.15) is 13.2 Å². The number of hydrogen-bond donors (Lipinski definition) is 2. The number of nitrogens with zero attached hydrogens (tertiary/aromatic N) is 1. The number of benzene rings is 2. The van der Waals surface area contributed by atoms with Gasteiger partial charge in [0.05, 0.1) is 23.0 Å². The zero-order chi connectivity index (χ0) is 20.1. The summed E-state index contributed by atoms with van der Waals surface area (Å²) in [6, 6.07) is 13.8. The highest BCUT2D eigenvalue weighted by atomic mass is 19.4. The number of nitrogens with one attached hydrogen (secondary N) is 2. The highest BCUT2D eigenvalue weighted by Crippen LogP contribution is 2.30. The van der Waals surface area contributed by atoms with Crippen LogP contribution in [-0.4, -0.2) is 10.9 Å². The van der Waals surface area contributed by atoms with Crippen LogP contribution in [0.2, 0.25) is 0 Å². The molecule has 0 atom stereocenters. The van der Waals surface area contributed by atoms with E-state index in [9.17, 15) is 18.0 Å². The Morgan fingerprint density at radius 3 is 2.18 bits per heavy atom. The first-order valence-electron chi connectivity index (χ1n) is 8.65. The molecular formula is C21H18F3N3O. The summed E-state index contributed by atoms with van der Waals surface area (Å²) in [6.07, 6.45) is -0.554. The predicted octanol–water partition coefficient (Wildman–Crippen LogP) is 5.66. The zero-order valence-corrected chi connectivity index (χ0v) is 15.0. The summed E-state index contributed by atoms with van der Waals surface area (Å²) < 4.78 is 37.9. The van der Waals surface area contributed by atoms with Gasteiger partial charge in [0.1, 0.15) is 0 Å². The van der Waals surface area contributed by atoms with Gasteiger partial charge in [0.2, 0.25) is 0 Å². The standard InChI is InChI=1S/C21H18F3N3O/c1-2-14-3-7-18(8-4-14)27-20(28)15-11-19(13-25-12-15)26-17-9-5-16(6-10-17)21(22,23)24/h3-13,26H,2H2,1H3,(H,27,28). The van der Waals surface area contributed by atoms with Crippen molar-refractivity contribution in [2.45, 2.75) is 19.5 Å². The number of anilines is 3. The van der Waals surface area contributed by atoms with E-state index in [1.165, 1.54) is 30.1 Å². The number of halogens is 3. The van der Waals surface area contributed by atoms with Crippen LogP contribution in [0.3, 0.4) is 0 Å². The van der Waals surface area contributed by atoms with Crippen LogP contribution < -0.4 is 10.6 Å². The Balaban J connectivity index is 1.70. The van der Waals surface area contributed by atoms with Crippen LogP contribution in [-0.2, 0) is 12.6 Å². The molecule has 0 fully saturated rings. The molecule has 0 aliphatic rings. The van der Waals surface area contributed by atoms with Crippen LogP contribution >= 0.6 is 0 Å². The SMILES string of the molecule is CCc1ccc(NC(=O)c2cncc(Nc3ccc(C(F)(F)F)cc3)c2)cc1. The molecule has 1 aromatic heterocycles. The van der Waals surface area contributed by atoms with E-state index in [4.69, 9.17) is 0 Å². The number of pyridine rings is 1. The van der Waals surface area contributed by atoms with Gasteiger partial charge in [0, 0.05) is 17.6 Å². The second-order valence-electron chi connectivity index (χ2n) is 6.17. The molecule has 144 valence electrons. The highest BCUT2D eigenvalue weighted by Gasteiger charge is 2.29. The van der Waals surface area contributed by atoms with Crippen molar-refractivity contribution in [3.8, 4) is 0 Å². The lowest BCUT2D eigenvalue weighted by Gasteiger charge is -2.10. The Kier molecular flexibility index (Phi) is 5.63. The van der Waals surface area contributed by atoms with Crippen molar-refractivity contribution in [1.29, 1.82) is 0 Å². The molecule has 4 nitrogen and oxygen atoms in total. The summed E-state index contributed by atoms with van der Waals surface area (Å²) in [5.41, 5.74) is 2.40. The lowest BCUT2D eigenvalue weighted by molar-refractivity contribution is -0.137. The molecule has 1 heterocycles. The Labute approximate surface area is 160 Å². The summed E-state index contributed by atoms with van der Waals surface area (Å²) in [4.78, 5) is 16.4. The minimum atomic E-state index is -4.38. The van der Waals surface area contributed by atoms with Gasteiger partial charge in [0.15, 0.2) is 0 Å². The minimum absolute atomic E-state index is 0.326. The fourth-order valence-corrected chi connectivity index (χ4v) is 2.57. The fourth-order valence-electron chi connectivity index (χ4n) is 2.57. The first-order chi connectivity index (χ1) is 13.3. The van der Waals surface area contributed by atoms with Crippen LogP contribution in [0, 0.1) is 0 Å². The van der Waals surface area contributed by atoms with Crippen molar-refractivity contribution in [3.05, 3.63) is 83.7 Å². The summed E-state index contributed by atoms with van der Waals surface area (Å²) in [6.45, 7) is 2.05. The average Bonchev–Trinajstić information content (AvgIpc) is 2.68. The maximum atomic E-state index is 12.6. The van der Waals surface area contributed by atoms with Crippen LogP contribution in [0.5, 0.6) is 0 Å². The normalized spacial score (nSPS) is 11.1. The van der Waals surface area contributed by atoms with Gasteiger partial charge in [0.25, 0.3) is 5.91 Å². The number of carbonyl (C=O) groups excluding carboxylic acids is 1. The molecule has 1 amide bonds. The smallest absolute Gasteiger partial charge is 0.354 e. The Morgan fingerprint density at radius 2 is 1.57 bits per heavy atom. The molecule has 0 saturated heterocycles. The van der Waals surface area contributed by atoms with E-state index >= 15 is 0 Å². The van der Waals surface area contributed by atoms with E-state index in [2.05, 4.69) is 22.5 Å². The number of hydrogen-bond acceptors (Lipinski definition) is 3. The van der Waals surface area contributed by atoms with E-state index in [-0.39, 0.29) is 5.91 Å². The molecule has 2 aromatic carbocycles. The van der Waals surface area contributed by atoms with Gasteiger partial charge in [-0.3, -0.25) is 9.78 Å². The minimum Gasteiger partial charge on any atom is -0.354 e. The van der Waals surface area contributed by atoms with Crippen LogP contribution in [0.25, 0.3) is 0 Å². The Bertz CT molecular complexity index is 952. The number of amides is 1. The molecule has 3 rings (SSSR count). The first-order valence-corrected chi connectivity index (χ1v) is 8.65. The van der Waals surface area contributed by atoms with E-state index in [0.717, 1.165) is 18.6 Å². The van der Waals surface area contributed by atoms with Gasteiger partial charge < -0.3 is 10.6 Å². The van der Waals surface area contributed by atoms with Gasteiger partial charge in [-0.1, -0.05) is 19.1 Å². The Hall–Kier alpha value is -3.35. The van der Waals surface area contributed by atoms with Crippen molar-refractivity contribution < 1.29 is 18.0 Å². The first kappa shape index (κ1) is 19.4. The van der Waals surface area contributed by atoms with Crippen molar-refractivity contribution >= 4 is 23.0 Å².